The molecule has 0 radical (unpaired) electrons. The van der Waals surface area contributed by atoms with Crippen molar-refractivity contribution in [3.05, 3.63) is 70.3 Å². The summed E-state index contributed by atoms with van der Waals surface area (Å²) < 4.78 is 19.5. The third-order valence-electron chi connectivity index (χ3n) is 9.58. The molecule has 0 saturated heterocycles. The van der Waals surface area contributed by atoms with Crippen LogP contribution in [-0.4, -0.2) is 81.5 Å². The van der Waals surface area contributed by atoms with Crippen molar-refractivity contribution in [3.8, 4) is 11.3 Å². The second-order valence-electron chi connectivity index (χ2n) is 17.7. The van der Waals surface area contributed by atoms with Gasteiger partial charge in [-0.3, -0.25) is 9.78 Å². The molecule has 1 fully saturated rings. The molecular formula is C40H60BrN5O4Si2. The number of ether oxygens (including phenoxy) is 3. The molecule has 0 amide bonds. The monoisotopic (exact) mass is 809 g/mol. The third-order valence-corrected chi connectivity index (χ3v) is 13.7. The lowest BCUT2D eigenvalue weighted by atomic mass is 9.79. The van der Waals surface area contributed by atoms with Crippen LogP contribution in [0.15, 0.2) is 69.8 Å². The van der Waals surface area contributed by atoms with Crippen molar-refractivity contribution in [2.24, 2.45) is 16.8 Å². The maximum absolute atomic E-state index is 13.0. The fourth-order valence-corrected chi connectivity index (χ4v) is 8.86. The van der Waals surface area contributed by atoms with Crippen LogP contribution in [0, 0.1) is 11.8 Å². The van der Waals surface area contributed by atoms with Crippen molar-refractivity contribution in [2.75, 3.05) is 33.2 Å². The Hall–Kier alpha value is -2.62. The number of allylic oxidation sites excluding steroid dienone is 1. The van der Waals surface area contributed by atoms with Crippen LogP contribution in [0.5, 0.6) is 0 Å². The van der Waals surface area contributed by atoms with E-state index >= 15 is 0 Å². The first-order valence-corrected chi connectivity index (χ1v) is 27.1. The lowest BCUT2D eigenvalue weighted by molar-refractivity contribution is -0.161. The quantitative estimate of drug-likeness (QED) is 0.0825. The van der Waals surface area contributed by atoms with Crippen molar-refractivity contribution in [1.82, 2.24) is 20.3 Å². The SMILES string of the molecule is CC(C)(C)OC(=O)[C@H]1CC[C@H](C2=NC3=C(c4ccc(-c5ccccc5)nc4)CNN3C(N(COCC[Si](C)(C)C)COCC[Si](C)(C)C)=C2Br)CC1. The van der Waals surface area contributed by atoms with E-state index in [9.17, 15) is 4.79 Å². The predicted octanol–water partition coefficient (Wildman–Crippen LogP) is 9.33. The van der Waals surface area contributed by atoms with Gasteiger partial charge in [0.2, 0.25) is 0 Å². The van der Waals surface area contributed by atoms with E-state index in [1.165, 1.54) is 0 Å². The van der Waals surface area contributed by atoms with Gasteiger partial charge in [0.15, 0.2) is 5.82 Å². The summed E-state index contributed by atoms with van der Waals surface area (Å²) in [6, 6.07) is 16.7. The van der Waals surface area contributed by atoms with Crippen LogP contribution in [0.2, 0.25) is 51.4 Å². The van der Waals surface area contributed by atoms with Gasteiger partial charge in [-0.15, -0.1) is 0 Å². The number of carbonyl (C=O) groups is 1. The van der Waals surface area contributed by atoms with Crippen molar-refractivity contribution in [2.45, 2.75) is 103 Å². The standard InChI is InChI=1S/C40H60BrN5O4Si2/c1-40(2,3)50-39(47)31-17-15-30(16-18-31)36-35(41)38(45(27-48-21-23-51(4,5)6)28-49-22-24-52(7,8)9)46-37(44-36)33(26-43-46)32-19-20-34(42-25-32)29-13-11-10-12-14-29/h10-14,19-20,25,30-31,43H,15-18,21-24,26-28H2,1-9H3/t30-,31-. The van der Waals surface area contributed by atoms with Crippen molar-refractivity contribution >= 4 is 49.3 Å². The highest BCUT2D eigenvalue weighted by Crippen LogP contribution is 2.42. The fourth-order valence-electron chi connectivity index (χ4n) is 6.50. The number of nitrogens with one attached hydrogen (secondary N) is 1. The first-order chi connectivity index (χ1) is 24.5. The molecule has 1 saturated carbocycles. The van der Waals surface area contributed by atoms with E-state index in [1.807, 2.05) is 45.2 Å². The molecular weight excluding hydrogens is 751 g/mol. The number of halogens is 1. The molecule has 9 nitrogen and oxygen atoms in total. The van der Waals surface area contributed by atoms with Gasteiger partial charge in [0.05, 0.1) is 21.8 Å². The van der Waals surface area contributed by atoms with Crippen LogP contribution >= 0.6 is 15.9 Å². The van der Waals surface area contributed by atoms with E-state index in [1.54, 1.807) is 0 Å². The molecule has 3 heterocycles. The normalized spacial score (nSPS) is 19.9. The number of esters is 1. The average Bonchev–Trinajstić information content (AvgIpc) is 3.50. The number of hydrogen-bond acceptors (Lipinski definition) is 9. The minimum atomic E-state index is -1.27. The summed E-state index contributed by atoms with van der Waals surface area (Å²) in [4.78, 5) is 25.5. The molecule has 5 rings (SSSR count). The summed E-state index contributed by atoms with van der Waals surface area (Å²) in [7, 11) is -2.54. The zero-order chi connectivity index (χ0) is 37.7. The Kier molecular flexibility index (Phi) is 13.4. The van der Waals surface area contributed by atoms with Crippen LogP contribution in [-0.2, 0) is 19.0 Å². The first-order valence-electron chi connectivity index (χ1n) is 18.9. The highest BCUT2D eigenvalue weighted by Gasteiger charge is 2.40. The van der Waals surface area contributed by atoms with Gasteiger partial charge >= 0.3 is 5.97 Å². The Morgan fingerprint density at radius 1 is 0.904 bits per heavy atom. The molecule has 1 aromatic carbocycles. The van der Waals surface area contributed by atoms with Gasteiger partial charge in [0.1, 0.15) is 24.9 Å². The lowest BCUT2D eigenvalue weighted by Gasteiger charge is -2.39. The number of aromatic nitrogens is 1. The van der Waals surface area contributed by atoms with E-state index in [2.05, 4.69) is 94.8 Å². The van der Waals surface area contributed by atoms with Crippen LogP contribution in [0.25, 0.3) is 16.8 Å². The number of nitrogens with zero attached hydrogens (tertiary/aromatic N) is 4. The average molecular weight is 811 g/mol. The Bertz CT molecular complexity index is 1600. The van der Waals surface area contributed by atoms with E-state index < -0.39 is 21.7 Å². The molecule has 52 heavy (non-hydrogen) atoms. The molecule has 0 unspecified atom stereocenters. The molecule has 1 N–H and O–H groups in total. The summed E-state index contributed by atoms with van der Waals surface area (Å²) in [5.41, 5.74) is 8.31. The van der Waals surface area contributed by atoms with Gasteiger partial charge < -0.3 is 19.1 Å². The molecule has 12 heteroatoms. The van der Waals surface area contributed by atoms with Gasteiger partial charge in [0, 0.05) is 64.7 Å². The topological polar surface area (TPSA) is 88.5 Å². The van der Waals surface area contributed by atoms with Crippen molar-refractivity contribution < 1.29 is 19.0 Å². The minimum Gasteiger partial charge on any atom is -0.460 e. The Morgan fingerprint density at radius 2 is 1.52 bits per heavy atom. The summed E-state index contributed by atoms with van der Waals surface area (Å²) in [6.07, 6.45) is 5.22. The summed E-state index contributed by atoms with van der Waals surface area (Å²) in [6.45, 7) is 22.9. The number of rotatable bonds is 15. The predicted molar refractivity (Wildman–Crippen MR) is 221 cm³/mol. The summed E-state index contributed by atoms with van der Waals surface area (Å²) in [5.74, 6) is 1.81. The summed E-state index contributed by atoms with van der Waals surface area (Å²) >= 11 is 4.07. The zero-order valence-electron chi connectivity index (χ0n) is 32.9. The molecule has 0 bridgehead atoms. The summed E-state index contributed by atoms with van der Waals surface area (Å²) in [5, 5.41) is 2.10. The van der Waals surface area contributed by atoms with Gasteiger partial charge in [-0.2, -0.15) is 0 Å². The maximum Gasteiger partial charge on any atom is 0.309 e. The number of hydrazine groups is 1. The molecule has 0 spiro atoms. The highest BCUT2D eigenvalue weighted by atomic mass is 79.9. The van der Waals surface area contributed by atoms with Crippen molar-refractivity contribution in [1.29, 1.82) is 0 Å². The van der Waals surface area contributed by atoms with Gasteiger partial charge in [-0.1, -0.05) is 75.7 Å². The van der Waals surface area contributed by atoms with E-state index in [0.29, 0.717) is 33.2 Å². The Balaban J connectivity index is 1.48. The molecule has 3 aliphatic rings. The number of aliphatic imine (C=N–C) groups is 1. The molecule has 1 aliphatic carbocycles. The van der Waals surface area contributed by atoms with Gasteiger partial charge in [-0.25, -0.2) is 15.4 Å². The van der Waals surface area contributed by atoms with Crippen LogP contribution in [0.3, 0.4) is 0 Å². The smallest absolute Gasteiger partial charge is 0.309 e. The Labute approximate surface area is 322 Å². The van der Waals surface area contributed by atoms with Gasteiger partial charge in [0.25, 0.3) is 0 Å². The van der Waals surface area contributed by atoms with Crippen LogP contribution < -0.4 is 5.43 Å². The molecule has 2 aromatic rings. The van der Waals surface area contributed by atoms with Crippen LogP contribution in [0.1, 0.15) is 52.0 Å². The fraction of sp³-hybridized carbons (Fsp3) is 0.575. The van der Waals surface area contributed by atoms with E-state index in [4.69, 9.17) is 24.2 Å². The van der Waals surface area contributed by atoms with Crippen molar-refractivity contribution in [3.63, 3.8) is 0 Å². The molecule has 284 valence electrons. The molecule has 2 aliphatic heterocycles. The lowest BCUT2D eigenvalue weighted by Crippen LogP contribution is -2.45. The maximum atomic E-state index is 13.0. The van der Waals surface area contributed by atoms with E-state index in [-0.39, 0.29) is 17.8 Å². The second kappa shape index (κ2) is 17.2. The molecule has 0 atom stereocenters. The number of carbonyl (C=O) groups excluding carboxylic acids is 1. The largest absolute Gasteiger partial charge is 0.460 e. The number of hydrogen-bond donors (Lipinski definition) is 1. The van der Waals surface area contributed by atoms with E-state index in [0.717, 1.165) is 82.0 Å². The zero-order valence-corrected chi connectivity index (χ0v) is 36.4. The first kappa shape index (κ1) is 40.6. The molecule has 1 aromatic heterocycles. The number of pyridine rings is 1. The highest BCUT2D eigenvalue weighted by molar-refractivity contribution is 9.12. The number of benzene rings is 1. The number of fused-ring (bicyclic) bond motifs is 1. The Morgan fingerprint density at radius 3 is 2.06 bits per heavy atom. The van der Waals surface area contributed by atoms with Gasteiger partial charge in [-0.05, 0) is 80.5 Å². The minimum absolute atomic E-state index is 0.0912. The second-order valence-corrected chi connectivity index (χ2v) is 29.8. The van der Waals surface area contributed by atoms with Crippen LogP contribution in [0.4, 0.5) is 0 Å². The third kappa shape index (κ3) is 11.2.